The number of rotatable bonds is 2. The van der Waals surface area contributed by atoms with Gasteiger partial charge < -0.3 is 4.74 Å². The summed E-state index contributed by atoms with van der Waals surface area (Å²) in [6, 6.07) is 4.86. The Morgan fingerprint density at radius 2 is 2.24 bits per heavy atom. The van der Waals surface area contributed by atoms with Crippen molar-refractivity contribution in [2.45, 2.75) is 6.92 Å². The van der Waals surface area contributed by atoms with Gasteiger partial charge in [0.25, 0.3) is 0 Å². The van der Waals surface area contributed by atoms with Gasteiger partial charge >= 0.3 is 5.97 Å². The topological polar surface area (TPSA) is 57.0 Å². The molecule has 2 rings (SSSR count). The van der Waals surface area contributed by atoms with Crippen molar-refractivity contribution in [3.05, 3.63) is 40.9 Å². The van der Waals surface area contributed by atoms with E-state index in [0.29, 0.717) is 22.1 Å². The Hall–Kier alpha value is -1.88. The van der Waals surface area contributed by atoms with Gasteiger partial charge in [0.2, 0.25) is 0 Å². The molecule has 1 heterocycles. The lowest BCUT2D eigenvalue weighted by Crippen LogP contribution is -2.08. The first-order valence-corrected chi connectivity index (χ1v) is 5.26. The van der Waals surface area contributed by atoms with Crippen LogP contribution in [-0.4, -0.2) is 27.8 Å². The van der Waals surface area contributed by atoms with Gasteiger partial charge in [-0.25, -0.2) is 14.5 Å². The average molecular weight is 252 g/mol. The molecule has 0 spiro atoms. The molecule has 0 aliphatic heterocycles. The summed E-state index contributed by atoms with van der Waals surface area (Å²) in [5, 5.41) is 4.65. The fraction of sp³-hybridized carbons (Fsp3) is 0.182. The van der Waals surface area contributed by atoms with Crippen LogP contribution < -0.4 is 0 Å². The zero-order chi connectivity index (χ0) is 12.4. The molecule has 0 saturated carbocycles. The highest BCUT2D eigenvalue weighted by atomic mass is 35.5. The quantitative estimate of drug-likeness (QED) is 0.766. The van der Waals surface area contributed by atoms with Crippen LogP contribution >= 0.6 is 11.6 Å². The Balaban J connectivity index is 2.58. The maximum atomic E-state index is 11.6. The van der Waals surface area contributed by atoms with Gasteiger partial charge in [-0.05, 0) is 25.1 Å². The van der Waals surface area contributed by atoms with Gasteiger partial charge in [-0.2, -0.15) is 5.10 Å². The number of carbonyl (C=O) groups is 1. The van der Waals surface area contributed by atoms with Crippen molar-refractivity contribution in [1.82, 2.24) is 14.8 Å². The number of esters is 1. The number of aromatic nitrogens is 3. The van der Waals surface area contributed by atoms with Gasteiger partial charge in [-0.1, -0.05) is 11.6 Å². The first-order chi connectivity index (χ1) is 8.11. The summed E-state index contributed by atoms with van der Waals surface area (Å²) in [5.41, 5.74) is 0.937. The molecule has 0 aliphatic carbocycles. The molecule has 5 nitrogen and oxygen atoms in total. The van der Waals surface area contributed by atoms with Crippen LogP contribution in [0.25, 0.3) is 5.69 Å². The lowest BCUT2D eigenvalue weighted by Gasteiger charge is -2.07. The minimum Gasteiger partial charge on any atom is -0.465 e. The zero-order valence-electron chi connectivity index (χ0n) is 9.35. The van der Waals surface area contributed by atoms with E-state index in [4.69, 9.17) is 16.3 Å². The molecular formula is C11H10ClN3O2. The highest BCUT2D eigenvalue weighted by molar-refractivity contribution is 6.30. The van der Waals surface area contributed by atoms with Crippen molar-refractivity contribution in [2.24, 2.45) is 0 Å². The van der Waals surface area contributed by atoms with E-state index in [0.717, 1.165) is 0 Å². The van der Waals surface area contributed by atoms with Crippen LogP contribution in [0.15, 0.2) is 24.5 Å². The molecule has 0 amide bonds. The van der Waals surface area contributed by atoms with E-state index in [1.807, 2.05) is 0 Å². The van der Waals surface area contributed by atoms with Gasteiger partial charge in [0.15, 0.2) is 0 Å². The number of halogens is 1. The minimum atomic E-state index is -0.440. The molecule has 6 heteroatoms. The van der Waals surface area contributed by atoms with Crippen molar-refractivity contribution in [3.63, 3.8) is 0 Å². The molecule has 17 heavy (non-hydrogen) atoms. The molecule has 0 fully saturated rings. The highest BCUT2D eigenvalue weighted by Crippen LogP contribution is 2.20. The van der Waals surface area contributed by atoms with Gasteiger partial charge in [0, 0.05) is 5.02 Å². The number of carbonyl (C=O) groups excluding carboxylic acids is 1. The molecule has 0 aliphatic rings. The third-order valence-electron chi connectivity index (χ3n) is 2.22. The largest absolute Gasteiger partial charge is 0.465 e. The number of hydrogen-bond acceptors (Lipinski definition) is 4. The summed E-state index contributed by atoms with van der Waals surface area (Å²) in [4.78, 5) is 15.6. The van der Waals surface area contributed by atoms with Crippen molar-refractivity contribution >= 4 is 17.6 Å². The fourth-order valence-corrected chi connectivity index (χ4v) is 1.61. The second-order valence-corrected chi connectivity index (χ2v) is 3.83. The zero-order valence-corrected chi connectivity index (χ0v) is 10.1. The Morgan fingerprint density at radius 3 is 2.82 bits per heavy atom. The summed E-state index contributed by atoms with van der Waals surface area (Å²) in [6.07, 6.45) is 1.52. The lowest BCUT2D eigenvalue weighted by atomic mass is 10.2. The van der Waals surface area contributed by atoms with Crippen LogP contribution in [0.2, 0.25) is 5.02 Å². The number of methoxy groups -OCH3 is 1. The van der Waals surface area contributed by atoms with E-state index in [-0.39, 0.29) is 0 Å². The van der Waals surface area contributed by atoms with E-state index in [2.05, 4.69) is 10.1 Å². The van der Waals surface area contributed by atoms with E-state index in [1.54, 1.807) is 25.1 Å². The van der Waals surface area contributed by atoms with Crippen molar-refractivity contribution in [3.8, 4) is 5.69 Å². The molecular weight excluding hydrogens is 242 g/mol. The van der Waals surface area contributed by atoms with Gasteiger partial charge in [-0.3, -0.25) is 0 Å². The smallest absolute Gasteiger partial charge is 0.340 e. The normalized spacial score (nSPS) is 10.3. The SMILES string of the molecule is COC(=O)c1ccc(Cl)cc1-n1cnc(C)n1. The van der Waals surface area contributed by atoms with Crippen LogP contribution in [0.3, 0.4) is 0 Å². The third kappa shape index (κ3) is 2.29. The third-order valence-corrected chi connectivity index (χ3v) is 2.45. The summed E-state index contributed by atoms with van der Waals surface area (Å²) in [6.45, 7) is 1.76. The molecule has 2 aromatic rings. The Kier molecular flexibility index (Phi) is 3.10. The summed E-state index contributed by atoms with van der Waals surface area (Å²) >= 11 is 5.91. The number of hydrogen-bond donors (Lipinski definition) is 0. The van der Waals surface area contributed by atoms with E-state index in [1.165, 1.54) is 18.1 Å². The predicted molar refractivity (Wildman–Crippen MR) is 62.4 cm³/mol. The van der Waals surface area contributed by atoms with E-state index >= 15 is 0 Å². The minimum absolute atomic E-state index is 0.391. The summed E-state index contributed by atoms with van der Waals surface area (Å²) in [7, 11) is 1.33. The Bertz CT molecular complexity index is 566. The number of nitrogens with zero attached hydrogens (tertiary/aromatic N) is 3. The Labute approximate surface area is 103 Å². The van der Waals surface area contributed by atoms with Gasteiger partial charge in [0.05, 0.1) is 18.4 Å². The van der Waals surface area contributed by atoms with Crippen molar-refractivity contribution < 1.29 is 9.53 Å². The van der Waals surface area contributed by atoms with Crippen LogP contribution in [0.4, 0.5) is 0 Å². The standard InChI is InChI=1S/C11H10ClN3O2/c1-7-13-6-15(14-7)10-5-8(12)3-4-9(10)11(16)17-2/h3-6H,1-2H3. The monoisotopic (exact) mass is 251 g/mol. The summed E-state index contributed by atoms with van der Waals surface area (Å²) in [5.74, 6) is 0.172. The average Bonchev–Trinajstić information content (AvgIpc) is 2.75. The number of ether oxygens (including phenoxy) is 1. The van der Waals surface area contributed by atoms with E-state index < -0.39 is 5.97 Å². The molecule has 1 aromatic heterocycles. The Morgan fingerprint density at radius 1 is 1.47 bits per heavy atom. The van der Waals surface area contributed by atoms with Crippen LogP contribution in [0.5, 0.6) is 0 Å². The maximum Gasteiger partial charge on any atom is 0.340 e. The number of aryl methyl sites for hydroxylation is 1. The lowest BCUT2D eigenvalue weighted by molar-refractivity contribution is 0.0600. The van der Waals surface area contributed by atoms with Crippen molar-refractivity contribution in [1.29, 1.82) is 0 Å². The highest BCUT2D eigenvalue weighted by Gasteiger charge is 2.14. The van der Waals surface area contributed by atoms with E-state index in [9.17, 15) is 4.79 Å². The second kappa shape index (κ2) is 4.55. The van der Waals surface area contributed by atoms with Crippen LogP contribution in [0.1, 0.15) is 16.2 Å². The molecule has 0 bridgehead atoms. The molecule has 0 radical (unpaired) electrons. The second-order valence-electron chi connectivity index (χ2n) is 3.39. The first kappa shape index (κ1) is 11.6. The molecule has 0 atom stereocenters. The molecule has 0 unspecified atom stereocenters. The predicted octanol–water partition coefficient (Wildman–Crippen LogP) is 2.02. The van der Waals surface area contributed by atoms with Gasteiger partial charge in [0.1, 0.15) is 12.2 Å². The first-order valence-electron chi connectivity index (χ1n) is 4.88. The van der Waals surface area contributed by atoms with Crippen LogP contribution in [-0.2, 0) is 4.74 Å². The molecule has 88 valence electrons. The maximum absolute atomic E-state index is 11.6. The fourth-order valence-electron chi connectivity index (χ4n) is 1.44. The number of benzene rings is 1. The molecule has 1 aromatic carbocycles. The molecule has 0 saturated heterocycles. The van der Waals surface area contributed by atoms with Gasteiger partial charge in [-0.15, -0.1) is 0 Å². The summed E-state index contributed by atoms with van der Waals surface area (Å²) < 4.78 is 6.20. The van der Waals surface area contributed by atoms with Crippen molar-refractivity contribution in [2.75, 3.05) is 7.11 Å². The van der Waals surface area contributed by atoms with Crippen LogP contribution in [0, 0.1) is 6.92 Å². The molecule has 0 N–H and O–H groups in total.